The minimum atomic E-state index is -1.81. The second-order valence-corrected chi connectivity index (χ2v) is 11.3. The highest BCUT2D eigenvalue weighted by Crippen LogP contribution is 2.37. The standard InChI is InChI=1S/C15H32O4Si/c1-13(19-20(6,7)15(2,3)4)14(18-12-17-5)10-8-9-11-16/h8-9,13-14,16H,10-12H2,1-7H3/b9-8+/t13-,14+/m0/s1. The lowest BCUT2D eigenvalue weighted by atomic mass is 10.1. The molecule has 0 radical (unpaired) electrons. The van der Waals surface area contributed by atoms with Gasteiger partial charge in [-0.15, -0.1) is 0 Å². The van der Waals surface area contributed by atoms with Gasteiger partial charge in [-0.1, -0.05) is 32.9 Å². The molecule has 0 bridgehead atoms. The van der Waals surface area contributed by atoms with Crippen LogP contribution in [0.3, 0.4) is 0 Å². The number of aliphatic hydroxyl groups excluding tert-OH is 1. The fraction of sp³-hybridized carbons (Fsp3) is 0.867. The van der Waals surface area contributed by atoms with Gasteiger partial charge in [-0.3, -0.25) is 0 Å². The lowest BCUT2D eigenvalue weighted by Gasteiger charge is -2.40. The summed E-state index contributed by atoms with van der Waals surface area (Å²) < 4.78 is 17.0. The van der Waals surface area contributed by atoms with E-state index in [-0.39, 0.29) is 30.6 Å². The van der Waals surface area contributed by atoms with Gasteiger partial charge >= 0.3 is 0 Å². The van der Waals surface area contributed by atoms with E-state index >= 15 is 0 Å². The molecule has 2 atom stereocenters. The van der Waals surface area contributed by atoms with Crippen LogP contribution in [0.5, 0.6) is 0 Å². The largest absolute Gasteiger partial charge is 0.412 e. The van der Waals surface area contributed by atoms with Crippen molar-refractivity contribution in [2.75, 3.05) is 20.5 Å². The molecule has 0 unspecified atom stereocenters. The van der Waals surface area contributed by atoms with Crippen molar-refractivity contribution in [2.45, 2.75) is 64.5 Å². The lowest BCUT2D eigenvalue weighted by Crippen LogP contribution is -2.46. The summed E-state index contributed by atoms with van der Waals surface area (Å²) in [7, 11) is -0.201. The Bertz CT molecular complexity index is 284. The fourth-order valence-corrected chi connectivity index (χ4v) is 3.01. The summed E-state index contributed by atoms with van der Waals surface area (Å²) in [4.78, 5) is 0. The van der Waals surface area contributed by atoms with Crippen LogP contribution >= 0.6 is 0 Å². The van der Waals surface area contributed by atoms with Crippen molar-refractivity contribution >= 4 is 8.32 Å². The van der Waals surface area contributed by atoms with Crippen LogP contribution in [0, 0.1) is 0 Å². The first-order valence-corrected chi connectivity index (χ1v) is 10.1. The van der Waals surface area contributed by atoms with Crippen molar-refractivity contribution in [1.82, 2.24) is 0 Å². The predicted molar refractivity (Wildman–Crippen MR) is 85.3 cm³/mol. The van der Waals surface area contributed by atoms with Gasteiger partial charge in [0, 0.05) is 7.11 Å². The van der Waals surface area contributed by atoms with Crippen molar-refractivity contribution in [1.29, 1.82) is 0 Å². The fourth-order valence-electron chi connectivity index (χ4n) is 1.57. The zero-order valence-electron chi connectivity index (χ0n) is 14.1. The van der Waals surface area contributed by atoms with E-state index < -0.39 is 8.32 Å². The van der Waals surface area contributed by atoms with E-state index in [0.29, 0.717) is 6.42 Å². The van der Waals surface area contributed by atoms with E-state index in [1.807, 2.05) is 13.0 Å². The van der Waals surface area contributed by atoms with Crippen LogP contribution in [0.4, 0.5) is 0 Å². The van der Waals surface area contributed by atoms with Crippen LogP contribution in [-0.4, -0.2) is 46.1 Å². The van der Waals surface area contributed by atoms with E-state index in [1.165, 1.54) is 0 Å². The van der Waals surface area contributed by atoms with Gasteiger partial charge in [0.25, 0.3) is 0 Å². The molecule has 5 heteroatoms. The molecular formula is C15H32O4Si. The molecule has 0 aliphatic rings. The van der Waals surface area contributed by atoms with E-state index in [2.05, 4.69) is 33.9 Å². The molecule has 0 aromatic rings. The van der Waals surface area contributed by atoms with E-state index in [1.54, 1.807) is 13.2 Å². The van der Waals surface area contributed by atoms with Crippen molar-refractivity contribution in [3.63, 3.8) is 0 Å². The monoisotopic (exact) mass is 304 g/mol. The first-order chi connectivity index (χ1) is 9.15. The summed E-state index contributed by atoms with van der Waals surface area (Å²) in [6.07, 6.45) is 4.29. The number of aliphatic hydroxyl groups is 1. The Morgan fingerprint density at radius 2 is 1.80 bits per heavy atom. The second-order valence-electron chi connectivity index (χ2n) is 6.58. The molecule has 1 N–H and O–H groups in total. The SMILES string of the molecule is COCO[C@H](C/C=C/CO)[C@H](C)O[Si](C)(C)C(C)(C)C. The molecule has 0 rings (SSSR count). The van der Waals surface area contributed by atoms with Gasteiger partial charge in [0.1, 0.15) is 6.79 Å². The maximum atomic E-state index is 8.81. The molecule has 0 spiro atoms. The predicted octanol–water partition coefficient (Wildman–Crippen LogP) is 3.32. The van der Waals surface area contributed by atoms with Gasteiger partial charge in [0.15, 0.2) is 8.32 Å². The third-order valence-electron chi connectivity index (χ3n) is 3.85. The van der Waals surface area contributed by atoms with Crippen LogP contribution in [0.1, 0.15) is 34.1 Å². The third kappa shape index (κ3) is 6.99. The van der Waals surface area contributed by atoms with Crippen LogP contribution in [0.25, 0.3) is 0 Å². The van der Waals surface area contributed by atoms with Gasteiger partial charge in [-0.05, 0) is 31.5 Å². The normalized spacial score (nSPS) is 16.6. The van der Waals surface area contributed by atoms with Gasteiger partial charge in [-0.25, -0.2) is 0 Å². The number of rotatable bonds is 9. The van der Waals surface area contributed by atoms with E-state index in [4.69, 9.17) is 19.0 Å². The van der Waals surface area contributed by atoms with Crippen molar-refractivity contribution in [3.05, 3.63) is 12.2 Å². The third-order valence-corrected chi connectivity index (χ3v) is 8.42. The van der Waals surface area contributed by atoms with E-state index in [9.17, 15) is 0 Å². The maximum absolute atomic E-state index is 8.81. The first kappa shape index (κ1) is 19.8. The molecule has 0 aromatic heterocycles. The highest BCUT2D eigenvalue weighted by molar-refractivity contribution is 6.74. The maximum Gasteiger partial charge on any atom is 0.192 e. The highest BCUT2D eigenvalue weighted by atomic mass is 28.4. The molecule has 0 fully saturated rings. The lowest BCUT2D eigenvalue weighted by molar-refractivity contribution is -0.103. The molecule has 20 heavy (non-hydrogen) atoms. The summed E-state index contributed by atoms with van der Waals surface area (Å²) in [5.41, 5.74) is 0. The highest BCUT2D eigenvalue weighted by Gasteiger charge is 2.39. The molecule has 120 valence electrons. The first-order valence-electron chi connectivity index (χ1n) is 7.20. The van der Waals surface area contributed by atoms with Crippen LogP contribution in [-0.2, 0) is 13.9 Å². The molecule has 0 aliphatic heterocycles. The summed E-state index contributed by atoms with van der Waals surface area (Å²) >= 11 is 0. The second kappa shape index (κ2) is 8.95. The Labute approximate surface area is 125 Å². The Morgan fingerprint density at radius 3 is 2.25 bits per heavy atom. The topological polar surface area (TPSA) is 47.9 Å². The minimum Gasteiger partial charge on any atom is -0.412 e. The number of methoxy groups -OCH3 is 1. The molecule has 0 aliphatic carbocycles. The van der Waals surface area contributed by atoms with Gasteiger partial charge in [-0.2, -0.15) is 0 Å². The smallest absolute Gasteiger partial charge is 0.192 e. The molecule has 4 nitrogen and oxygen atoms in total. The molecule has 0 saturated carbocycles. The Kier molecular flexibility index (Phi) is 8.86. The summed E-state index contributed by atoms with van der Waals surface area (Å²) in [6, 6.07) is 0. The average molecular weight is 305 g/mol. The molecule has 0 saturated heterocycles. The molecule has 0 heterocycles. The summed E-state index contributed by atoms with van der Waals surface area (Å²) in [5.74, 6) is 0. The number of ether oxygens (including phenoxy) is 2. The number of hydrogen-bond acceptors (Lipinski definition) is 4. The van der Waals surface area contributed by atoms with Crippen LogP contribution in [0.2, 0.25) is 18.1 Å². The average Bonchev–Trinajstić information content (AvgIpc) is 2.31. The summed E-state index contributed by atoms with van der Waals surface area (Å²) in [5, 5.41) is 8.98. The zero-order valence-corrected chi connectivity index (χ0v) is 15.1. The summed E-state index contributed by atoms with van der Waals surface area (Å²) in [6.45, 7) is 13.5. The Hall–Kier alpha value is -0.203. The molecule has 0 aromatic carbocycles. The minimum absolute atomic E-state index is 0.00520. The van der Waals surface area contributed by atoms with Crippen LogP contribution in [0.15, 0.2) is 12.2 Å². The quantitative estimate of drug-likeness (QED) is 0.403. The Balaban J connectivity index is 4.68. The number of hydrogen-bond donors (Lipinski definition) is 1. The van der Waals surface area contributed by atoms with E-state index in [0.717, 1.165) is 0 Å². The van der Waals surface area contributed by atoms with Gasteiger partial charge in [0.2, 0.25) is 0 Å². The van der Waals surface area contributed by atoms with Gasteiger partial charge in [0.05, 0.1) is 18.8 Å². The van der Waals surface area contributed by atoms with Crippen LogP contribution < -0.4 is 0 Å². The molecule has 0 amide bonds. The van der Waals surface area contributed by atoms with Crippen molar-refractivity contribution in [3.8, 4) is 0 Å². The van der Waals surface area contributed by atoms with Gasteiger partial charge < -0.3 is 19.0 Å². The van der Waals surface area contributed by atoms with Crippen molar-refractivity contribution < 1.29 is 19.0 Å². The molecular weight excluding hydrogens is 272 g/mol. The van der Waals surface area contributed by atoms with Crippen molar-refractivity contribution in [2.24, 2.45) is 0 Å². The Morgan fingerprint density at radius 1 is 1.20 bits per heavy atom. The zero-order chi connectivity index (χ0) is 15.8.